The Morgan fingerprint density at radius 2 is 1.93 bits per heavy atom. The summed E-state index contributed by atoms with van der Waals surface area (Å²) in [7, 11) is 0. The van der Waals surface area contributed by atoms with Crippen LogP contribution < -0.4 is 10.2 Å². The highest BCUT2D eigenvalue weighted by Crippen LogP contribution is 2.37. The average molecular weight is 410 g/mol. The van der Waals surface area contributed by atoms with Gasteiger partial charge in [0.05, 0.1) is 17.4 Å². The second-order valence-corrected chi connectivity index (χ2v) is 8.56. The Hall–Kier alpha value is -2.80. The average Bonchev–Trinajstić information content (AvgIpc) is 3.03. The predicted octanol–water partition coefficient (Wildman–Crippen LogP) is 3.40. The third-order valence-corrected chi connectivity index (χ3v) is 6.43. The van der Waals surface area contributed by atoms with Crippen LogP contribution in [0.15, 0.2) is 53.4 Å². The van der Waals surface area contributed by atoms with E-state index >= 15 is 0 Å². The van der Waals surface area contributed by atoms with E-state index in [1.54, 1.807) is 11.8 Å². The van der Waals surface area contributed by atoms with Gasteiger partial charge in [-0.1, -0.05) is 30.3 Å². The Kier molecular flexibility index (Phi) is 5.32. The summed E-state index contributed by atoms with van der Waals surface area (Å²) in [6.07, 6.45) is -0.227. The van der Waals surface area contributed by atoms with Gasteiger partial charge in [0, 0.05) is 16.6 Å². The molecule has 0 unspecified atom stereocenters. The van der Waals surface area contributed by atoms with Crippen molar-refractivity contribution in [3.05, 3.63) is 54.1 Å². The van der Waals surface area contributed by atoms with E-state index in [-0.39, 0.29) is 24.3 Å². The monoisotopic (exact) mass is 410 g/mol. The Balaban J connectivity index is 1.39. The van der Waals surface area contributed by atoms with Gasteiger partial charge in [0.2, 0.25) is 5.91 Å². The van der Waals surface area contributed by atoms with E-state index < -0.39 is 17.3 Å². The molecule has 0 radical (unpaired) electrons. The summed E-state index contributed by atoms with van der Waals surface area (Å²) in [5.74, 6) is -1.04. The molecule has 150 valence electrons. The van der Waals surface area contributed by atoms with E-state index in [4.69, 9.17) is 4.74 Å². The summed E-state index contributed by atoms with van der Waals surface area (Å²) >= 11 is 1.34. The molecule has 7 heteroatoms. The second-order valence-electron chi connectivity index (χ2n) is 7.32. The number of nitrogens with zero attached hydrogens (tertiary/aromatic N) is 1. The first-order valence-electron chi connectivity index (χ1n) is 9.61. The third-order valence-electron chi connectivity index (χ3n) is 5.16. The number of carbonyl (C=O) groups excluding carboxylic acids is 3. The molecule has 0 spiro atoms. The van der Waals surface area contributed by atoms with Crippen molar-refractivity contribution in [1.29, 1.82) is 0 Å². The number of thioether (sulfide) groups is 1. The largest absolute Gasteiger partial charge is 0.452 e. The molecule has 2 amide bonds. The minimum Gasteiger partial charge on any atom is -0.452 e. The summed E-state index contributed by atoms with van der Waals surface area (Å²) in [6.45, 7) is 3.56. The van der Waals surface area contributed by atoms with Gasteiger partial charge in [-0.15, -0.1) is 11.8 Å². The number of hydrogen-bond donors (Lipinski definition) is 1. The lowest BCUT2D eigenvalue weighted by molar-refractivity contribution is -0.154. The molecule has 4 rings (SSSR count). The zero-order chi connectivity index (χ0) is 20.5. The molecular weight excluding hydrogens is 388 g/mol. The van der Waals surface area contributed by atoms with Gasteiger partial charge >= 0.3 is 5.97 Å². The van der Waals surface area contributed by atoms with Crippen LogP contribution in [0.25, 0.3) is 0 Å². The lowest BCUT2D eigenvalue weighted by Gasteiger charge is -2.27. The van der Waals surface area contributed by atoms with Crippen LogP contribution in [0.4, 0.5) is 11.4 Å². The third kappa shape index (κ3) is 3.87. The Morgan fingerprint density at radius 3 is 2.76 bits per heavy atom. The van der Waals surface area contributed by atoms with E-state index in [2.05, 4.69) is 5.32 Å². The molecule has 2 aromatic carbocycles. The number of benzene rings is 2. The van der Waals surface area contributed by atoms with Crippen molar-refractivity contribution in [2.24, 2.45) is 0 Å². The van der Waals surface area contributed by atoms with Crippen LogP contribution in [0, 0.1) is 0 Å². The molecule has 6 nitrogen and oxygen atoms in total. The molecule has 2 heterocycles. The molecule has 3 atom stereocenters. The SMILES string of the molecule is C[C@H](OC(=O)C[C@H]1Sc2ccccc2NC1=O)C(=O)N1c2ccccc2C[C@@H]1C. The number of ether oxygens (including phenoxy) is 1. The number of esters is 1. The summed E-state index contributed by atoms with van der Waals surface area (Å²) in [5.41, 5.74) is 2.73. The second kappa shape index (κ2) is 7.91. The number of para-hydroxylation sites is 2. The van der Waals surface area contributed by atoms with Crippen molar-refractivity contribution in [2.75, 3.05) is 10.2 Å². The molecule has 0 saturated heterocycles. The number of carbonyl (C=O) groups is 3. The van der Waals surface area contributed by atoms with Gasteiger partial charge in [0.15, 0.2) is 6.10 Å². The molecule has 0 fully saturated rings. The molecule has 2 aliphatic heterocycles. The lowest BCUT2D eigenvalue weighted by atomic mass is 10.1. The fraction of sp³-hybridized carbons (Fsp3) is 0.318. The molecule has 0 aliphatic carbocycles. The first-order chi connectivity index (χ1) is 13.9. The van der Waals surface area contributed by atoms with Crippen LogP contribution in [0.3, 0.4) is 0 Å². The molecule has 2 aliphatic rings. The predicted molar refractivity (Wildman–Crippen MR) is 112 cm³/mol. The Bertz CT molecular complexity index is 977. The highest BCUT2D eigenvalue weighted by atomic mass is 32.2. The summed E-state index contributed by atoms with van der Waals surface area (Å²) in [6, 6.07) is 15.2. The fourth-order valence-corrected chi connectivity index (χ4v) is 4.87. The highest BCUT2D eigenvalue weighted by molar-refractivity contribution is 8.01. The standard InChI is InChI=1S/C22H22N2O4S/c1-13-11-15-7-3-5-9-17(15)24(13)22(27)14(2)28-20(25)12-19-21(26)23-16-8-4-6-10-18(16)29-19/h3-10,13-14,19H,11-12H2,1-2H3,(H,23,26)/t13-,14-,19+/m0/s1. The first kappa shape index (κ1) is 19.5. The smallest absolute Gasteiger partial charge is 0.308 e. The van der Waals surface area contributed by atoms with Crippen LogP contribution in [0.2, 0.25) is 0 Å². The van der Waals surface area contributed by atoms with E-state index in [0.717, 1.165) is 28.3 Å². The van der Waals surface area contributed by atoms with E-state index in [1.807, 2.05) is 55.5 Å². The van der Waals surface area contributed by atoms with E-state index in [0.29, 0.717) is 0 Å². The number of fused-ring (bicyclic) bond motifs is 2. The van der Waals surface area contributed by atoms with Gasteiger partial charge < -0.3 is 15.0 Å². The van der Waals surface area contributed by atoms with Crippen molar-refractivity contribution < 1.29 is 19.1 Å². The molecule has 29 heavy (non-hydrogen) atoms. The fourth-order valence-electron chi connectivity index (χ4n) is 3.77. The van der Waals surface area contributed by atoms with Crippen molar-refractivity contribution >= 4 is 40.9 Å². The molecule has 0 saturated carbocycles. The zero-order valence-electron chi connectivity index (χ0n) is 16.3. The minimum absolute atomic E-state index is 0.0113. The van der Waals surface area contributed by atoms with Gasteiger partial charge in [-0.05, 0) is 44.0 Å². The van der Waals surface area contributed by atoms with Crippen LogP contribution in [-0.4, -0.2) is 35.2 Å². The van der Waals surface area contributed by atoms with Gasteiger partial charge in [-0.25, -0.2) is 0 Å². The van der Waals surface area contributed by atoms with Gasteiger partial charge in [-0.3, -0.25) is 14.4 Å². The molecule has 0 bridgehead atoms. The number of nitrogens with one attached hydrogen (secondary N) is 1. The van der Waals surface area contributed by atoms with E-state index in [9.17, 15) is 14.4 Å². The maximum absolute atomic E-state index is 12.9. The molecule has 2 aromatic rings. The maximum atomic E-state index is 12.9. The summed E-state index contributed by atoms with van der Waals surface area (Å²) < 4.78 is 5.40. The molecular formula is C22H22N2O4S. The first-order valence-corrected chi connectivity index (χ1v) is 10.5. The van der Waals surface area contributed by atoms with Crippen molar-refractivity contribution in [3.8, 4) is 0 Å². The topological polar surface area (TPSA) is 75.7 Å². The molecule has 0 aromatic heterocycles. The Morgan fingerprint density at radius 1 is 1.21 bits per heavy atom. The van der Waals surface area contributed by atoms with Crippen molar-refractivity contribution in [1.82, 2.24) is 0 Å². The quantitative estimate of drug-likeness (QED) is 0.782. The number of anilines is 2. The van der Waals surface area contributed by atoms with Crippen LogP contribution >= 0.6 is 11.8 Å². The van der Waals surface area contributed by atoms with Crippen molar-refractivity contribution in [3.63, 3.8) is 0 Å². The lowest BCUT2D eigenvalue weighted by Crippen LogP contribution is -2.43. The van der Waals surface area contributed by atoms with E-state index in [1.165, 1.54) is 11.8 Å². The summed E-state index contributed by atoms with van der Waals surface area (Å²) in [5, 5.41) is 2.23. The van der Waals surface area contributed by atoms with Crippen molar-refractivity contribution in [2.45, 2.75) is 49.0 Å². The number of rotatable bonds is 4. The summed E-state index contributed by atoms with van der Waals surface area (Å²) in [4.78, 5) is 40.3. The Labute approximate surface area is 173 Å². The number of amides is 2. The number of hydrogen-bond acceptors (Lipinski definition) is 5. The van der Waals surface area contributed by atoms with Gasteiger partial charge in [0.1, 0.15) is 0 Å². The van der Waals surface area contributed by atoms with Gasteiger partial charge in [0.25, 0.3) is 5.91 Å². The van der Waals surface area contributed by atoms with Crippen LogP contribution in [0.5, 0.6) is 0 Å². The normalized spacial score (nSPS) is 21.0. The van der Waals surface area contributed by atoms with Crippen LogP contribution in [0.1, 0.15) is 25.8 Å². The van der Waals surface area contributed by atoms with Crippen LogP contribution in [-0.2, 0) is 25.5 Å². The highest BCUT2D eigenvalue weighted by Gasteiger charge is 2.35. The van der Waals surface area contributed by atoms with Gasteiger partial charge in [-0.2, -0.15) is 0 Å². The minimum atomic E-state index is -0.917. The maximum Gasteiger partial charge on any atom is 0.308 e. The zero-order valence-corrected chi connectivity index (χ0v) is 17.1. The molecule has 1 N–H and O–H groups in total.